The molecule has 0 aliphatic rings. The number of rotatable bonds is 13. The zero-order chi connectivity index (χ0) is 17.3. The Labute approximate surface area is 184 Å². The molecule has 0 aliphatic heterocycles. The van der Waals surface area contributed by atoms with Crippen LogP contribution in [0.5, 0.6) is 0 Å². The van der Waals surface area contributed by atoms with Crippen LogP contribution in [0.1, 0.15) is 71.1 Å². The van der Waals surface area contributed by atoms with Gasteiger partial charge < -0.3 is 15.0 Å². The minimum atomic E-state index is -4.00. The van der Waals surface area contributed by atoms with E-state index in [2.05, 4.69) is 12.2 Å². The first-order chi connectivity index (χ1) is 10.3. The van der Waals surface area contributed by atoms with Crippen LogP contribution in [0.3, 0.4) is 0 Å². The molecule has 0 saturated carbocycles. The van der Waals surface area contributed by atoms with E-state index in [1.807, 2.05) is 0 Å². The molecular weight excluding hydrogens is 345 g/mol. The van der Waals surface area contributed by atoms with Crippen LogP contribution in [0.2, 0.25) is 0 Å². The minimum absolute atomic E-state index is 0. The summed E-state index contributed by atoms with van der Waals surface area (Å²) in [5, 5.41) is 11.0. The molecule has 0 atom stereocenters. The molecule has 0 unspecified atom stereocenters. The number of nitrogens with one attached hydrogen (secondary N) is 1. The van der Waals surface area contributed by atoms with Crippen LogP contribution < -0.4 is 56.7 Å². The second kappa shape index (κ2) is 21.0. The fourth-order valence-electron chi connectivity index (χ4n) is 1.81. The predicted molar refractivity (Wildman–Crippen MR) is 88.0 cm³/mol. The molecule has 0 spiro atoms. The summed E-state index contributed by atoms with van der Waals surface area (Å²) < 4.78 is 29.4. The van der Waals surface area contributed by atoms with Crippen molar-refractivity contribution in [3.63, 3.8) is 0 Å². The molecule has 0 heterocycles. The average molecular weight is 378 g/mol. The van der Waals surface area contributed by atoms with Crippen molar-refractivity contribution in [2.45, 2.75) is 71.1 Å². The van der Waals surface area contributed by atoms with Gasteiger partial charge >= 0.3 is 57.4 Å². The van der Waals surface area contributed by atoms with Crippen LogP contribution in [0.15, 0.2) is 0 Å². The topological polar surface area (TPSA) is 107 Å². The van der Waals surface area contributed by atoms with Gasteiger partial charge in [-0.1, -0.05) is 58.3 Å². The van der Waals surface area contributed by atoms with Gasteiger partial charge in [-0.25, -0.2) is 8.42 Å². The summed E-state index contributed by atoms with van der Waals surface area (Å²) in [4.78, 5) is 10.2. The van der Waals surface area contributed by atoms with Crippen LogP contribution in [0.25, 0.3) is 0 Å². The van der Waals surface area contributed by atoms with Gasteiger partial charge in [0.1, 0.15) is 0 Å². The minimum Gasteiger partial charge on any atom is -0.748 e. The zero-order valence-electron chi connectivity index (χ0n) is 15.0. The van der Waals surface area contributed by atoms with E-state index >= 15 is 0 Å². The summed E-state index contributed by atoms with van der Waals surface area (Å²) in [5.74, 6) is -0.989. The molecule has 0 saturated heterocycles. The van der Waals surface area contributed by atoms with Crippen molar-refractivity contribution in [3.8, 4) is 0 Å². The van der Waals surface area contributed by atoms with Gasteiger partial charge in [-0.15, -0.1) is 0 Å². The molecule has 8 heteroatoms. The summed E-state index contributed by atoms with van der Waals surface area (Å²) >= 11 is 0. The Morgan fingerprint density at radius 1 is 1.00 bits per heavy atom. The number of hydrogen-bond donors (Lipinski definition) is 2. The molecule has 0 aliphatic carbocycles. The monoisotopic (exact) mass is 377 g/mol. The standard InChI is InChI=1S/C12H24O2.C3H9NO3S.K/c1-2-3-4-5-6-7-8-9-10-11-12(13)14;1-4-2-3-8(5,6)7;/h2-11H2,1H3,(H,13,14);4H,2-3H2,1H3,(H,5,6,7);/q;;+1/p-1. The summed E-state index contributed by atoms with van der Waals surface area (Å²) in [6.07, 6.45) is 11.5. The molecule has 0 aromatic rings. The number of carboxylic acid groups (broad SMARTS) is 1. The Bertz CT molecular complexity index is 350. The first-order valence-electron chi connectivity index (χ1n) is 8.13. The fraction of sp³-hybridized carbons (Fsp3) is 0.933. The third-order valence-electron chi connectivity index (χ3n) is 3.10. The van der Waals surface area contributed by atoms with Gasteiger partial charge in [0.2, 0.25) is 0 Å². The smallest absolute Gasteiger partial charge is 0.748 e. The maximum atomic E-state index is 10.2. The predicted octanol–water partition coefficient (Wildman–Crippen LogP) is -0.253. The van der Waals surface area contributed by atoms with Gasteiger partial charge in [-0.3, -0.25) is 4.79 Å². The van der Waals surface area contributed by atoms with Crippen LogP contribution >= 0.6 is 0 Å². The second-order valence-electron chi connectivity index (χ2n) is 5.34. The van der Waals surface area contributed by atoms with Crippen molar-refractivity contribution in [1.82, 2.24) is 5.32 Å². The first kappa shape index (κ1) is 28.8. The number of hydrogen-bond acceptors (Lipinski definition) is 5. The van der Waals surface area contributed by atoms with Gasteiger partial charge in [0.25, 0.3) is 0 Å². The zero-order valence-corrected chi connectivity index (χ0v) is 18.9. The van der Waals surface area contributed by atoms with E-state index in [4.69, 9.17) is 5.11 Å². The molecular formula is C15H32KNO5S. The first-order valence-corrected chi connectivity index (χ1v) is 9.71. The van der Waals surface area contributed by atoms with Gasteiger partial charge in [0.15, 0.2) is 0 Å². The fourth-order valence-corrected chi connectivity index (χ4v) is 2.27. The number of carbonyl (C=O) groups is 1. The number of unbranched alkanes of at least 4 members (excludes halogenated alkanes) is 8. The van der Waals surface area contributed by atoms with Crippen LogP contribution in [0.4, 0.5) is 0 Å². The Hall–Kier alpha value is 0.976. The van der Waals surface area contributed by atoms with Gasteiger partial charge in [0, 0.05) is 13.0 Å². The molecule has 0 bridgehead atoms. The quantitative estimate of drug-likeness (QED) is 0.260. The summed E-state index contributed by atoms with van der Waals surface area (Å²) in [6, 6.07) is 0. The van der Waals surface area contributed by atoms with E-state index in [0.29, 0.717) is 6.42 Å². The molecule has 0 radical (unpaired) electrons. The van der Waals surface area contributed by atoms with Crippen molar-refractivity contribution < 1.29 is 74.3 Å². The van der Waals surface area contributed by atoms with E-state index in [0.717, 1.165) is 12.8 Å². The molecule has 0 amide bonds. The van der Waals surface area contributed by atoms with Crippen molar-refractivity contribution in [2.24, 2.45) is 0 Å². The summed E-state index contributed by atoms with van der Waals surface area (Å²) in [7, 11) is -2.41. The number of aliphatic carboxylic acids is 1. The van der Waals surface area contributed by atoms with E-state index < -0.39 is 16.1 Å². The maximum Gasteiger partial charge on any atom is 1.00 e. The third-order valence-corrected chi connectivity index (χ3v) is 3.80. The SMILES string of the molecule is CCCCCCCCCCCC(=O)O.CNCCS(=O)(=O)[O-].[K+]. The van der Waals surface area contributed by atoms with Crippen LogP contribution in [-0.2, 0) is 14.9 Å². The van der Waals surface area contributed by atoms with Crippen molar-refractivity contribution in [2.75, 3.05) is 19.3 Å². The maximum absolute atomic E-state index is 10.2. The summed E-state index contributed by atoms with van der Waals surface area (Å²) in [5.41, 5.74) is 0. The normalized spacial score (nSPS) is 10.4. The van der Waals surface area contributed by atoms with Crippen molar-refractivity contribution in [3.05, 3.63) is 0 Å². The van der Waals surface area contributed by atoms with E-state index in [-0.39, 0.29) is 63.7 Å². The van der Waals surface area contributed by atoms with E-state index in [1.165, 1.54) is 44.9 Å². The Morgan fingerprint density at radius 2 is 1.43 bits per heavy atom. The molecule has 0 aromatic carbocycles. The second-order valence-corrected chi connectivity index (χ2v) is 6.86. The van der Waals surface area contributed by atoms with Gasteiger partial charge in [-0.05, 0) is 13.5 Å². The molecule has 134 valence electrons. The average Bonchev–Trinajstić information content (AvgIpc) is 2.43. The van der Waals surface area contributed by atoms with Crippen LogP contribution in [-0.4, -0.2) is 43.4 Å². The Kier molecular flexibility index (Phi) is 26.3. The Balaban J connectivity index is -0.000000382. The van der Waals surface area contributed by atoms with Crippen LogP contribution in [0, 0.1) is 0 Å². The number of carboxylic acids is 1. The molecule has 0 aromatic heterocycles. The van der Waals surface area contributed by atoms with Crippen molar-refractivity contribution >= 4 is 16.1 Å². The molecule has 6 nitrogen and oxygen atoms in total. The molecule has 0 rings (SSSR count). The van der Waals surface area contributed by atoms with E-state index in [9.17, 15) is 17.8 Å². The van der Waals surface area contributed by atoms with Gasteiger partial charge in [0.05, 0.1) is 15.9 Å². The molecule has 23 heavy (non-hydrogen) atoms. The van der Waals surface area contributed by atoms with Gasteiger partial charge in [-0.2, -0.15) is 0 Å². The third kappa shape index (κ3) is 35.1. The summed E-state index contributed by atoms with van der Waals surface area (Å²) in [6.45, 7) is 2.46. The van der Waals surface area contributed by atoms with E-state index in [1.54, 1.807) is 7.05 Å². The molecule has 2 N–H and O–H groups in total. The largest absolute Gasteiger partial charge is 1.00 e. The Morgan fingerprint density at radius 3 is 1.74 bits per heavy atom. The molecule has 0 fully saturated rings. The van der Waals surface area contributed by atoms with Crippen molar-refractivity contribution in [1.29, 1.82) is 0 Å².